The first-order chi connectivity index (χ1) is 15.8. The van der Waals surface area contributed by atoms with Gasteiger partial charge in [-0.25, -0.2) is 18.1 Å². The number of carbonyl (C=O) groups is 1. The van der Waals surface area contributed by atoms with Crippen molar-refractivity contribution in [2.75, 3.05) is 5.32 Å². The summed E-state index contributed by atoms with van der Waals surface area (Å²) in [5.74, 6) is -3.06. The summed E-state index contributed by atoms with van der Waals surface area (Å²) >= 11 is 1.58. The summed E-state index contributed by atoms with van der Waals surface area (Å²) in [5.41, 5.74) is 1.52. The second-order valence-corrected chi connectivity index (χ2v) is 10.7. The number of nitrogens with zero attached hydrogens (tertiary/aromatic N) is 1. The van der Waals surface area contributed by atoms with Crippen LogP contribution in [0.1, 0.15) is 15.9 Å². The largest absolute Gasteiger partial charge is 0.298 e. The summed E-state index contributed by atoms with van der Waals surface area (Å²) < 4.78 is 53.6. The van der Waals surface area contributed by atoms with Crippen molar-refractivity contribution < 1.29 is 22.0 Å². The molecule has 1 heterocycles. The number of fused-ring (bicyclic) bond motifs is 1. The fourth-order valence-corrected chi connectivity index (χ4v) is 5.54. The Bertz CT molecular complexity index is 1390. The lowest BCUT2D eigenvalue weighted by atomic mass is 10.2. The molecule has 4 rings (SSSR count). The molecule has 2 N–H and O–H groups in total. The fraction of sp³-hybridized carbons (Fsp3) is 0.0909. The molecule has 33 heavy (non-hydrogen) atoms. The van der Waals surface area contributed by atoms with E-state index in [0.29, 0.717) is 26.9 Å². The predicted octanol–water partition coefficient (Wildman–Crippen LogP) is 5.34. The molecule has 0 saturated carbocycles. The molecule has 3 aromatic carbocycles. The van der Waals surface area contributed by atoms with Crippen LogP contribution in [0.25, 0.3) is 10.2 Å². The van der Waals surface area contributed by atoms with Gasteiger partial charge in [0.25, 0.3) is 11.7 Å². The number of hydrogen-bond donors (Lipinski definition) is 2. The summed E-state index contributed by atoms with van der Waals surface area (Å²) in [4.78, 5) is 17.4. The highest BCUT2D eigenvalue weighted by Crippen LogP contribution is 2.32. The van der Waals surface area contributed by atoms with E-state index in [0.717, 1.165) is 16.9 Å². The zero-order chi connectivity index (χ0) is 23.4. The van der Waals surface area contributed by atoms with E-state index in [1.54, 1.807) is 30.3 Å². The van der Waals surface area contributed by atoms with Crippen molar-refractivity contribution in [2.45, 2.75) is 22.1 Å². The average molecular weight is 506 g/mol. The number of carbonyl (C=O) groups excluding carboxylic acids is 1. The summed E-state index contributed by atoms with van der Waals surface area (Å²) in [7, 11) is -3.83. The first-order valence-corrected chi connectivity index (χ1v) is 12.8. The van der Waals surface area contributed by atoms with E-state index in [-0.39, 0.29) is 22.1 Å². The van der Waals surface area contributed by atoms with Crippen molar-refractivity contribution in [3.8, 4) is 0 Å². The Kier molecular flexibility index (Phi) is 7.03. The predicted molar refractivity (Wildman–Crippen MR) is 126 cm³/mol. The van der Waals surface area contributed by atoms with Gasteiger partial charge in [0.15, 0.2) is 5.13 Å². The van der Waals surface area contributed by atoms with Crippen molar-refractivity contribution in [2.24, 2.45) is 0 Å². The molecule has 0 bridgehead atoms. The second kappa shape index (κ2) is 9.96. The molecule has 170 valence electrons. The van der Waals surface area contributed by atoms with E-state index in [1.807, 2.05) is 18.2 Å². The van der Waals surface area contributed by atoms with E-state index in [9.17, 15) is 22.0 Å². The molecule has 0 aliphatic heterocycles. The molecule has 4 aromatic rings. The van der Waals surface area contributed by atoms with Crippen molar-refractivity contribution in [1.29, 1.82) is 0 Å². The quantitative estimate of drug-likeness (QED) is 0.316. The third kappa shape index (κ3) is 5.93. The Morgan fingerprint density at radius 3 is 2.58 bits per heavy atom. The van der Waals surface area contributed by atoms with Crippen molar-refractivity contribution >= 4 is 54.4 Å². The molecular weight excluding hydrogens is 488 g/mol. The van der Waals surface area contributed by atoms with Crippen LogP contribution in [0, 0.1) is 0 Å². The van der Waals surface area contributed by atoms with Crippen LogP contribution in [0.5, 0.6) is 0 Å². The van der Waals surface area contributed by atoms with Gasteiger partial charge in [0.05, 0.1) is 15.1 Å². The maximum atomic E-state index is 12.7. The highest BCUT2D eigenvalue weighted by Gasteiger charge is 2.17. The molecule has 0 atom stereocenters. The van der Waals surface area contributed by atoms with E-state index in [4.69, 9.17) is 0 Å². The molecule has 0 aliphatic carbocycles. The maximum Gasteiger partial charge on any atom is 0.288 e. The van der Waals surface area contributed by atoms with Crippen LogP contribution < -0.4 is 10.0 Å². The normalized spacial score (nSPS) is 11.7. The fourth-order valence-electron chi connectivity index (χ4n) is 2.97. The summed E-state index contributed by atoms with van der Waals surface area (Å²) in [6, 6.07) is 19.5. The Hall–Kier alpha value is -2.86. The lowest BCUT2D eigenvalue weighted by Gasteiger charge is -2.08. The number of sulfonamides is 1. The number of thiazole rings is 1. The zero-order valence-electron chi connectivity index (χ0n) is 16.9. The Balaban J connectivity index is 1.48. The monoisotopic (exact) mass is 505 g/mol. The third-order valence-electron chi connectivity index (χ3n) is 4.52. The molecule has 0 radical (unpaired) electrons. The minimum atomic E-state index is -3.83. The number of rotatable bonds is 8. The number of hydrogen-bond acceptors (Lipinski definition) is 6. The molecule has 6 nitrogen and oxygen atoms in total. The van der Waals surface area contributed by atoms with Gasteiger partial charge in [-0.2, -0.15) is 8.78 Å². The molecule has 11 heteroatoms. The lowest BCUT2D eigenvalue weighted by molar-refractivity contribution is 0.102. The van der Waals surface area contributed by atoms with Crippen LogP contribution in [0.15, 0.2) is 82.6 Å². The van der Waals surface area contributed by atoms with Crippen molar-refractivity contribution in [3.05, 3.63) is 83.9 Å². The molecule has 1 aromatic heterocycles. The Morgan fingerprint density at radius 1 is 1.03 bits per heavy atom. The minimum Gasteiger partial charge on any atom is -0.298 e. The van der Waals surface area contributed by atoms with E-state index in [2.05, 4.69) is 15.0 Å². The topological polar surface area (TPSA) is 88.2 Å². The average Bonchev–Trinajstić information content (AvgIpc) is 3.19. The Morgan fingerprint density at radius 2 is 1.82 bits per heavy atom. The van der Waals surface area contributed by atoms with Gasteiger partial charge in [0, 0.05) is 17.0 Å². The van der Waals surface area contributed by atoms with Crippen LogP contribution in [0.3, 0.4) is 0 Å². The van der Waals surface area contributed by atoms with Gasteiger partial charge in [-0.05, 0) is 42.0 Å². The number of nitrogens with one attached hydrogen (secondary N) is 2. The highest BCUT2D eigenvalue weighted by molar-refractivity contribution is 7.99. The highest BCUT2D eigenvalue weighted by atomic mass is 32.2. The van der Waals surface area contributed by atoms with E-state index < -0.39 is 21.7 Å². The van der Waals surface area contributed by atoms with Crippen LogP contribution >= 0.6 is 23.1 Å². The third-order valence-corrected chi connectivity index (χ3v) is 7.56. The van der Waals surface area contributed by atoms with Crippen LogP contribution in [0.2, 0.25) is 0 Å². The van der Waals surface area contributed by atoms with E-state index in [1.165, 1.54) is 24.3 Å². The Labute approximate surface area is 197 Å². The second-order valence-electron chi connectivity index (χ2n) is 6.82. The smallest absolute Gasteiger partial charge is 0.288 e. The summed E-state index contributed by atoms with van der Waals surface area (Å²) in [6.07, 6.45) is 0. The van der Waals surface area contributed by atoms with Gasteiger partial charge in [-0.1, -0.05) is 59.5 Å². The van der Waals surface area contributed by atoms with Crippen LogP contribution in [-0.2, 0) is 16.6 Å². The van der Waals surface area contributed by atoms with Gasteiger partial charge in [0.2, 0.25) is 10.0 Å². The van der Waals surface area contributed by atoms with Gasteiger partial charge < -0.3 is 0 Å². The molecule has 0 saturated heterocycles. The van der Waals surface area contributed by atoms with Gasteiger partial charge in [-0.15, -0.1) is 0 Å². The van der Waals surface area contributed by atoms with Crippen molar-refractivity contribution in [3.63, 3.8) is 0 Å². The molecular formula is C22H17F2N3O3S3. The maximum absolute atomic E-state index is 12.7. The van der Waals surface area contributed by atoms with Gasteiger partial charge in [-0.3, -0.25) is 10.1 Å². The minimum absolute atomic E-state index is 0.0379. The van der Waals surface area contributed by atoms with Gasteiger partial charge in [0.1, 0.15) is 0 Å². The molecule has 0 spiro atoms. The number of halogens is 2. The molecule has 0 unspecified atom stereocenters. The molecule has 0 aliphatic rings. The zero-order valence-corrected chi connectivity index (χ0v) is 19.3. The summed E-state index contributed by atoms with van der Waals surface area (Å²) in [6.45, 7) is 0.122. The van der Waals surface area contributed by atoms with Gasteiger partial charge >= 0.3 is 0 Å². The number of thioether (sulfide) groups is 1. The number of alkyl halides is 2. The molecule has 1 amide bonds. The first-order valence-electron chi connectivity index (χ1n) is 9.60. The van der Waals surface area contributed by atoms with E-state index >= 15 is 0 Å². The lowest BCUT2D eigenvalue weighted by Crippen LogP contribution is -2.23. The van der Waals surface area contributed by atoms with Crippen molar-refractivity contribution in [1.82, 2.24) is 9.71 Å². The van der Waals surface area contributed by atoms with Crippen LogP contribution in [-0.4, -0.2) is 25.1 Å². The standard InChI is InChI=1S/C22H17F2N3O3S3/c23-21(24)31-16-9-10-18-19(12-16)32-22(26-18)27-20(28)15-7-4-8-17(11-15)33(29,30)25-13-14-5-2-1-3-6-14/h1-12,21,25H,13H2,(H,26,27,28). The number of benzene rings is 3. The SMILES string of the molecule is O=C(Nc1nc2ccc(SC(F)F)cc2s1)c1cccc(S(=O)(=O)NCc2ccccc2)c1. The number of aromatic nitrogens is 1. The summed E-state index contributed by atoms with van der Waals surface area (Å²) in [5, 5.41) is 2.92. The first kappa shape index (κ1) is 23.3. The van der Waals surface area contributed by atoms with Crippen LogP contribution in [0.4, 0.5) is 13.9 Å². The molecule has 0 fully saturated rings. The number of amides is 1. The number of anilines is 1.